The summed E-state index contributed by atoms with van der Waals surface area (Å²) in [6.07, 6.45) is 0. The van der Waals surface area contributed by atoms with E-state index in [-0.39, 0.29) is 11.2 Å². The first-order valence-electron chi connectivity index (χ1n) is 7.48. The molecule has 1 aliphatic rings. The summed E-state index contributed by atoms with van der Waals surface area (Å²) in [5.41, 5.74) is 3.97. The molecule has 0 saturated carbocycles. The van der Waals surface area contributed by atoms with Gasteiger partial charge in [0.05, 0.1) is 12.7 Å². The zero-order valence-corrected chi connectivity index (χ0v) is 13.9. The first kappa shape index (κ1) is 14.3. The number of H-pyrrole nitrogens is 1. The van der Waals surface area contributed by atoms with Crippen LogP contribution in [0.5, 0.6) is 5.75 Å². The second-order valence-corrected chi connectivity index (χ2v) is 6.87. The maximum Gasteiger partial charge on any atom is 0.195 e. The van der Waals surface area contributed by atoms with Crippen LogP contribution in [0.15, 0.2) is 36.4 Å². The van der Waals surface area contributed by atoms with Crippen LogP contribution in [0.4, 0.5) is 0 Å². The van der Waals surface area contributed by atoms with Gasteiger partial charge >= 0.3 is 0 Å². The summed E-state index contributed by atoms with van der Waals surface area (Å²) in [5, 5.41) is 1.57. The lowest BCUT2D eigenvalue weighted by Crippen LogP contribution is -2.30. The van der Waals surface area contributed by atoms with Gasteiger partial charge in [0, 0.05) is 32.6 Å². The van der Waals surface area contributed by atoms with E-state index in [1.54, 1.807) is 7.11 Å². The smallest absolute Gasteiger partial charge is 0.195 e. The van der Waals surface area contributed by atoms with Crippen LogP contribution in [0.1, 0.15) is 41.0 Å². The van der Waals surface area contributed by atoms with E-state index in [2.05, 4.69) is 18.8 Å². The molecule has 0 amide bonds. The van der Waals surface area contributed by atoms with Gasteiger partial charge in [-0.15, -0.1) is 0 Å². The molecule has 1 heterocycles. The lowest BCUT2D eigenvalue weighted by Gasteiger charge is -2.32. The van der Waals surface area contributed by atoms with Gasteiger partial charge in [0.1, 0.15) is 5.75 Å². The summed E-state index contributed by atoms with van der Waals surface area (Å²) < 4.78 is 5.33. The van der Waals surface area contributed by atoms with Crippen molar-refractivity contribution in [1.29, 1.82) is 0 Å². The molecule has 4 heteroatoms. The minimum absolute atomic E-state index is 0.0468. The number of fused-ring (bicyclic) bond motifs is 4. The Morgan fingerprint density at radius 1 is 1.13 bits per heavy atom. The zero-order valence-electron chi connectivity index (χ0n) is 13.2. The molecule has 0 radical (unpaired) electrons. The van der Waals surface area contributed by atoms with Crippen molar-refractivity contribution in [1.82, 2.24) is 4.98 Å². The molecule has 1 aromatic heterocycles. The molecule has 23 heavy (non-hydrogen) atoms. The third-order valence-electron chi connectivity index (χ3n) is 4.76. The summed E-state index contributed by atoms with van der Waals surface area (Å²) in [6.45, 7) is 4.24. The third-order valence-corrected chi connectivity index (χ3v) is 4.99. The van der Waals surface area contributed by atoms with Crippen molar-refractivity contribution in [2.24, 2.45) is 0 Å². The van der Waals surface area contributed by atoms with Crippen molar-refractivity contribution in [2.75, 3.05) is 7.11 Å². The predicted octanol–water partition coefficient (Wildman–Crippen LogP) is 4.70. The Balaban J connectivity index is 2.07. The molecule has 2 aromatic carbocycles. The molecule has 0 unspecified atom stereocenters. The summed E-state index contributed by atoms with van der Waals surface area (Å²) in [4.78, 5) is 16.5. The number of aromatic amines is 1. The number of aromatic nitrogens is 1. The quantitative estimate of drug-likeness (QED) is 0.704. The van der Waals surface area contributed by atoms with E-state index in [0.29, 0.717) is 5.02 Å². The largest absolute Gasteiger partial charge is 0.497 e. The van der Waals surface area contributed by atoms with Crippen LogP contribution in [-0.2, 0) is 5.41 Å². The van der Waals surface area contributed by atoms with Crippen LogP contribution >= 0.6 is 11.6 Å². The van der Waals surface area contributed by atoms with E-state index < -0.39 is 0 Å². The van der Waals surface area contributed by atoms with Crippen LogP contribution in [0.25, 0.3) is 10.9 Å². The highest BCUT2D eigenvalue weighted by atomic mass is 35.5. The van der Waals surface area contributed by atoms with Gasteiger partial charge in [-0.2, -0.15) is 0 Å². The van der Waals surface area contributed by atoms with E-state index in [9.17, 15) is 4.79 Å². The molecule has 0 spiro atoms. The summed E-state index contributed by atoms with van der Waals surface area (Å²) >= 11 is 6.10. The van der Waals surface area contributed by atoms with Crippen molar-refractivity contribution in [3.8, 4) is 5.75 Å². The van der Waals surface area contributed by atoms with E-state index in [1.165, 1.54) is 0 Å². The maximum atomic E-state index is 13.1. The number of halogens is 1. The number of rotatable bonds is 1. The molecule has 0 atom stereocenters. The highest BCUT2D eigenvalue weighted by Crippen LogP contribution is 2.44. The maximum absolute atomic E-state index is 13.1. The van der Waals surface area contributed by atoms with Crippen molar-refractivity contribution in [2.45, 2.75) is 19.3 Å². The SMILES string of the molecule is COc1ccc2c(c1)C(C)(C)c1[nH]c3cc(Cl)ccc3c1C2=O. The number of nitrogens with one attached hydrogen (secondary N) is 1. The van der Waals surface area contributed by atoms with Crippen molar-refractivity contribution < 1.29 is 9.53 Å². The average Bonchev–Trinajstić information content (AvgIpc) is 2.92. The Labute approximate surface area is 139 Å². The molecule has 0 fully saturated rings. The van der Waals surface area contributed by atoms with Crippen molar-refractivity contribution in [3.63, 3.8) is 0 Å². The molecular formula is C19H16ClNO2. The fourth-order valence-corrected chi connectivity index (χ4v) is 3.68. The molecule has 4 rings (SSSR count). The van der Waals surface area contributed by atoms with E-state index in [1.807, 2.05) is 36.4 Å². The minimum atomic E-state index is -0.321. The van der Waals surface area contributed by atoms with Crippen LogP contribution < -0.4 is 4.74 Å². The second-order valence-electron chi connectivity index (χ2n) is 6.43. The van der Waals surface area contributed by atoms with Gasteiger partial charge in [0.2, 0.25) is 0 Å². The Bertz CT molecular complexity index is 969. The molecule has 0 saturated heterocycles. The highest BCUT2D eigenvalue weighted by Gasteiger charge is 2.39. The van der Waals surface area contributed by atoms with Gasteiger partial charge in [-0.3, -0.25) is 4.79 Å². The van der Waals surface area contributed by atoms with E-state index in [0.717, 1.165) is 39.0 Å². The van der Waals surface area contributed by atoms with Gasteiger partial charge in [-0.1, -0.05) is 31.5 Å². The van der Waals surface area contributed by atoms with Crippen molar-refractivity contribution >= 4 is 28.3 Å². The Hall–Kier alpha value is -2.26. The predicted molar refractivity (Wildman–Crippen MR) is 91.9 cm³/mol. The lowest BCUT2D eigenvalue weighted by molar-refractivity contribution is 0.103. The normalized spacial score (nSPS) is 15.4. The molecule has 116 valence electrons. The van der Waals surface area contributed by atoms with Gasteiger partial charge in [-0.25, -0.2) is 0 Å². The number of ether oxygens (including phenoxy) is 1. The molecular weight excluding hydrogens is 310 g/mol. The number of hydrogen-bond donors (Lipinski definition) is 1. The van der Waals surface area contributed by atoms with E-state index in [4.69, 9.17) is 16.3 Å². The fraction of sp³-hybridized carbons (Fsp3) is 0.211. The minimum Gasteiger partial charge on any atom is -0.497 e. The summed E-state index contributed by atoms with van der Waals surface area (Å²) in [7, 11) is 1.63. The lowest BCUT2D eigenvalue weighted by atomic mass is 9.71. The van der Waals surface area contributed by atoms with Gasteiger partial charge < -0.3 is 9.72 Å². The molecule has 1 N–H and O–H groups in total. The summed E-state index contributed by atoms with van der Waals surface area (Å²) in [5.74, 6) is 0.804. The second kappa shape index (κ2) is 4.62. The Kier molecular flexibility index (Phi) is 2.88. The number of carbonyl (C=O) groups is 1. The Morgan fingerprint density at radius 2 is 1.91 bits per heavy atom. The van der Waals surface area contributed by atoms with Gasteiger partial charge in [0.15, 0.2) is 5.78 Å². The standard InChI is InChI=1S/C19H16ClNO2/c1-19(2)14-9-11(23-3)5-7-12(14)17(22)16-13-6-4-10(20)8-15(13)21-18(16)19/h4-9,21H,1-3H3. The number of hydrogen-bond acceptors (Lipinski definition) is 2. The molecule has 0 aliphatic heterocycles. The van der Waals surface area contributed by atoms with Crippen molar-refractivity contribution in [3.05, 3.63) is 63.8 Å². The molecule has 3 aromatic rings. The number of benzene rings is 2. The first-order chi connectivity index (χ1) is 10.9. The molecule has 0 bridgehead atoms. The van der Waals surface area contributed by atoms with Gasteiger partial charge in [-0.05, 0) is 35.9 Å². The average molecular weight is 326 g/mol. The topological polar surface area (TPSA) is 42.1 Å². The monoisotopic (exact) mass is 325 g/mol. The number of carbonyl (C=O) groups excluding carboxylic acids is 1. The fourth-order valence-electron chi connectivity index (χ4n) is 3.51. The van der Waals surface area contributed by atoms with Crippen LogP contribution in [0, 0.1) is 0 Å². The third kappa shape index (κ3) is 1.86. The van der Waals surface area contributed by atoms with Gasteiger partial charge in [0.25, 0.3) is 0 Å². The Morgan fingerprint density at radius 3 is 2.65 bits per heavy atom. The first-order valence-corrected chi connectivity index (χ1v) is 7.86. The van der Waals surface area contributed by atoms with E-state index >= 15 is 0 Å². The number of methoxy groups -OCH3 is 1. The van der Waals surface area contributed by atoms with Crippen LogP contribution in [0.2, 0.25) is 5.02 Å². The molecule has 1 aliphatic carbocycles. The summed E-state index contributed by atoms with van der Waals surface area (Å²) in [6, 6.07) is 11.2. The number of ketones is 1. The highest BCUT2D eigenvalue weighted by molar-refractivity contribution is 6.31. The van der Waals surface area contributed by atoms with Crippen LogP contribution in [0.3, 0.4) is 0 Å². The van der Waals surface area contributed by atoms with Crippen LogP contribution in [-0.4, -0.2) is 17.9 Å². The molecule has 3 nitrogen and oxygen atoms in total. The zero-order chi connectivity index (χ0) is 16.4.